The Morgan fingerprint density at radius 2 is 2.12 bits per heavy atom. The molecule has 1 rings (SSSR count). The summed E-state index contributed by atoms with van der Waals surface area (Å²) in [5.74, 6) is 0.144. The van der Waals surface area contributed by atoms with Crippen molar-refractivity contribution >= 4 is 38.3 Å². The molecule has 0 aromatic heterocycles. The van der Waals surface area contributed by atoms with E-state index in [2.05, 4.69) is 32.6 Å². The molecule has 2 N–H and O–H groups in total. The van der Waals surface area contributed by atoms with E-state index in [1.54, 1.807) is 6.07 Å². The molecular weight excluding hydrogens is 351 g/mol. The number of hydrogen-bond acceptors (Lipinski definition) is 3. The lowest BCUT2D eigenvalue weighted by Crippen LogP contribution is -2.21. The van der Waals surface area contributed by atoms with Crippen LogP contribution in [0.3, 0.4) is 0 Å². The molecule has 0 aliphatic rings. The highest BCUT2D eigenvalue weighted by atomic mass is 127. The van der Waals surface area contributed by atoms with Gasteiger partial charge in [-0.2, -0.15) is 0 Å². The third kappa shape index (κ3) is 6.23. The molecule has 17 heavy (non-hydrogen) atoms. The predicted molar refractivity (Wildman–Crippen MR) is 79.7 cm³/mol. The summed E-state index contributed by atoms with van der Waals surface area (Å²) < 4.78 is 27.1. The Kier molecular flexibility index (Phi) is 6.21. The summed E-state index contributed by atoms with van der Waals surface area (Å²) in [5, 5.41) is 3.10. The van der Waals surface area contributed by atoms with E-state index in [1.165, 1.54) is 0 Å². The van der Waals surface area contributed by atoms with E-state index in [1.807, 2.05) is 25.1 Å². The van der Waals surface area contributed by atoms with Gasteiger partial charge in [0.2, 0.25) is 10.0 Å². The average Bonchev–Trinajstić information content (AvgIpc) is 2.24. The fourth-order valence-corrected chi connectivity index (χ4v) is 3.00. The van der Waals surface area contributed by atoms with E-state index >= 15 is 0 Å². The molecule has 0 aliphatic carbocycles. The maximum absolute atomic E-state index is 11.7. The highest BCUT2D eigenvalue weighted by Crippen LogP contribution is 2.14. The highest BCUT2D eigenvalue weighted by molar-refractivity contribution is 14.1. The smallest absolute Gasteiger partial charge is 0.232 e. The van der Waals surface area contributed by atoms with Crippen LogP contribution in [0.4, 0.5) is 5.69 Å². The van der Waals surface area contributed by atoms with Gasteiger partial charge in [-0.3, -0.25) is 4.72 Å². The Hall–Kier alpha value is -0.340. The summed E-state index contributed by atoms with van der Waals surface area (Å²) >= 11 is 2.15. The van der Waals surface area contributed by atoms with Crippen molar-refractivity contribution in [2.24, 2.45) is 0 Å². The number of nitrogens with one attached hydrogen (secondary N) is 2. The van der Waals surface area contributed by atoms with Gasteiger partial charge in [0.15, 0.2) is 0 Å². The molecule has 1 aromatic carbocycles. The first kappa shape index (κ1) is 14.7. The van der Waals surface area contributed by atoms with Gasteiger partial charge in [0, 0.05) is 9.26 Å². The first-order valence-corrected chi connectivity index (χ1v) is 8.23. The van der Waals surface area contributed by atoms with Gasteiger partial charge in [-0.15, -0.1) is 0 Å². The van der Waals surface area contributed by atoms with Crippen LogP contribution < -0.4 is 10.0 Å². The van der Waals surface area contributed by atoms with E-state index in [9.17, 15) is 8.42 Å². The summed E-state index contributed by atoms with van der Waals surface area (Å²) in [6, 6.07) is 7.31. The third-order valence-electron chi connectivity index (χ3n) is 2.11. The molecule has 1 aromatic rings. The highest BCUT2D eigenvalue weighted by Gasteiger charge is 2.09. The number of halogens is 1. The van der Waals surface area contributed by atoms with Gasteiger partial charge < -0.3 is 5.32 Å². The Labute approximate surface area is 116 Å². The lowest BCUT2D eigenvalue weighted by atomic mass is 10.3. The van der Waals surface area contributed by atoms with E-state index in [-0.39, 0.29) is 5.75 Å². The van der Waals surface area contributed by atoms with Crippen molar-refractivity contribution in [1.29, 1.82) is 0 Å². The van der Waals surface area contributed by atoms with Crippen molar-refractivity contribution in [2.45, 2.75) is 13.3 Å². The summed E-state index contributed by atoms with van der Waals surface area (Å²) in [7, 11) is -3.23. The molecule has 0 fully saturated rings. The van der Waals surface area contributed by atoms with Crippen LogP contribution in [0.1, 0.15) is 13.3 Å². The lowest BCUT2D eigenvalue weighted by molar-refractivity contribution is 0.595. The standard InChI is InChI=1S/C11H17IN2O2S/c1-2-13-7-4-8-17(15,16)14-11-6-3-5-10(12)9-11/h3,5-6,9,13-14H,2,4,7-8H2,1H3. The van der Waals surface area contributed by atoms with Gasteiger partial charge in [0.25, 0.3) is 0 Å². The minimum Gasteiger partial charge on any atom is -0.317 e. The lowest BCUT2D eigenvalue weighted by Gasteiger charge is -2.08. The van der Waals surface area contributed by atoms with Crippen LogP contribution >= 0.6 is 22.6 Å². The number of anilines is 1. The average molecular weight is 368 g/mol. The quantitative estimate of drug-likeness (QED) is 0.572. The SMILES string of the molecule is CCNCCCS(=O)(=O)Nc1cccc(I)c1. The van der Waals surface area contributed by atoms with Crippen molar-refractivity contribution in [1.82, 2.24) is 5.32 Å². The number of hydrogen-bond donors (Lipinski definition) is 2. The summed E-state index contributed by atoms with van der Waals surface area (Å²) in [6.45, 7) is 3.59. The monoisotopic (exact) mass is 368 g/mol. The Bertz CT molecular complexity index is 449. The molecule has 0 unspecified atom stereocenters. The van der Waals surface area contributed by atoms with Crippen LogP contribution in [-0.2, 0) is 10.0 Å². The van der Waals surface area contributed by atoms with Gasteiger partial charge in [0.05, 0.1) is 5.75 Å². The summed E-state index contributed by atoms with van der Waals surface area (Å²) in [4.78, 5) is 0. The Balaban J connectivity index is 2.49. The van der Waals surface area contributed by atoms with E-state index in [0.717, 1.165) is 16.7 Å². The van der Waals surface area contributed by atoms with Crippen LogP contribution in [0.25, 0.3) is 0 Å². The van der Waals surface area contributed by atoms with Crippen molar-refractivity contribution in [3.63, 3.8) is 0 Å². The van der Waals surface area contributed by atoms with Crippen molar-refractivity contribution in [3.05, 3.63) is 27.8 Å². The van der Waals surface area contributed by atoms with Crippen LogP contribution in [0.2, 0.25) is 0 Å². The van der Waals surface area contributed by atoms with E-state index < -0.39 is 10.0 Å². The maximum Gasteiger partial charge on any atom is 0.232 e. The summed E-state index contributed by atoms with van der Waals surface area (Å²) in [6.07, 6.45) is 0.618. The second-order valence-electron chi connectivity index (χ2n) is 3.64. The molecule has 96 valence electrons. The first-order chi connectivity index (χ1) is 8.03. The van der Waals surface area contributed by atoms with Gasteiger partial charge in [0.1, 0.15) is 0 Å². The molecule has 0 saturated carbocycles. The first-order valence-electron chi connectivity index (χ1n) is 5.50. The molecule has 4 nitrogen and oxygen atoms in total. The van der Waals surface area contributed by atoms with Crippen LogP contribution in [0.5, 0.6) is 0 Å². The van der Waals surface area contributed by atoms with Crippen LogP contribution in [0, 0.1) is 3.57 Å². The molecule has 0 saturated heterocycles. The predicted octanol–water partition coefficient (Wildman–Crippen LogP) is 2.03. The fraction of sp³-hybridized carbons (Fsp3) is 0.455. The Morgan fingerprint density at radius 3 is 2.76 bits per heavy atom. The minimum atomic E-state index is -3.23. The van der Waals surface area contributed by atoms with Crippen LogP contribution in [0.15, 0.2) is 24.3 Å². The van der Waals surface area contributed by atoms with Crippen LogP contribution in [-0.4, -0.2) is 27.3 Å². The molecule has 0 radical (unpaired) electrons. The van der Waals surface area contributed by atoms with Gasteiger partial charge in [-0.05, 0) is 60.3 Å². The summed E-state index contributed by atoms with van der Waals surface area (Å²) in [5.41, 5.74) is 0.625. The fourth-order valence-electron chi connectivity index (χ4n) is 1.35. The van der Waals surface area contributed by atoms with Crippen molar-refractivity contribution < 1.29 is 8.42 Å². The normalized spacial score (nSPS) is 11.4. The molecule has 0 heterocycles. The van der Waals surface area contributed by atoms with Gasteiger partial charge in [-0.1, -0.05) is 13.0 Å². The second-order valence-corrected chi connectivity index (χ2v) is 6.73. The molecular formula is C11H17IN2O2S. The molecule has 0 atom stereocenters. The molecule has 0 spiro atoms. The van der Waals surface area contributed by atoms with Crippen molar-refractivity contribution in [3.8, 4) is 0 Å². The third-order valence-corrected chi connectivity index (χ3v) is 4.16. The second kappa shape index (κ2) is 7.17. The zero-order chi connectivity index (χ0) is 12.7. The van der Waals surface area contributed by atoms with Gasteiger partial charge in [-0.25, -0.2) is 8.42 Å². The number of benzene rings is 1. The van der Waals surface area contributed by atoms with Crippen molar-refractivity contribution in [2.75, 3.05) is 23.6 Å². The van der Waals surface area contributed by atoms with E-state index in [4.69, 9.17) is 0 Å². The minimum absolute atomic E-state index is 0.144. The molecule has 0 aliphatic heterocycles. The zero-order valence-corrected chi connectivity index (χ0v) is 12.7. The molecule has 6 heteroatoms. The topological polar surface area (TPSA) is 58.2 Å². The molecule has 0 amide bonds. The maximum atomic E-state index is 11.7. The van der Waals surface area contributed by atoms with Gasteiger partial charge >= 0.3 is 0 Å². The Morgan fingerprint density at radius 1 is 1.35 bits per heavy atom. The number of sulfonamides is 1. The van der Waals surface area contributed by atoms with E-state index in [0.29, 0.717) is 12.1 Å². The zero-order valence-electron chi connectivity index (χ0n) is 9.74. The number of rotatable bonds is 7. The largest absolute Gasteiger partial charge is 0.317 e. The molecule has 0 bridgehead atoms.